The minimum Gasteiger partial charge on any atom is -0.497 e. The van der Waals surface area contributed by atoms with E-state index in [0.717, 1.165) is 17.6 Å². The number of hydrogen-bond acceptors (Lipinski definition) is 6. The van der Waals surface area contributed by atoms with E-state index in [1.807, 2.05) is 30.4 Å². The number of carbonyl (C=O) groups excluding carboxylic acids is 3. The Morgan fingerprint density at radius 1 is 1.19 bits per heavy atom. The van der Waals surface area contributed by atoms with Crippen molar-refractivity contribution in [2.75, 3.05) is 33.8 Å². The van der Waals surface area contributed by atoms with Gasteiger partial charge in [0.2, 0.25) is 11.8 Å². The number of carboxylic acid groups (broad SMARTS) is 1. The quantitative estimate of drug-likeness (QED) is 0.553. The molecule has 3 aliphatic rings. The summed E-state index contributed by atoms with van der Waals surface area (Å²) in [6.07, 6.45) is 5.56. The van der Waals surface area contributed by atoms with Gasteiger partial charge in [0.25, 0.3) is 0 Å². The van der Waals surface area contributed by atoms with Gasteiger partial charge in [0, 0.05) is 26.6 Å². The zero-order valence-corrected chi connectivity index (χ0v) is 20.4. The van der Waals surface area contributed by atoms with Crippen LogP contribution in [-0.2, 0) is 20.9 Å². The molecule has 192 valence electrons. The number of methoxy groups -OCH3 is 1. The van der Waals surface area contributed by atoms with Crippen molar-refractivity contribution >= 4 is 23.8 Å². The molecule has 1 aromatic rings. The largest absolute Gasteiger partial charge is 0.497 e. The van der Waals surface area contributed by atoms with Crippen LogP contribution < -0.4 is 10.1 Å². The summed E-state index contributed by atoms with van der Waals surface area (Å²) in [5, 5.41) is 15.1. The van der Waals surface area contributed by atoms with Crippen LogP contribution >= 0.6 is 0 Å². The van der Waals surface area contributed by atoms with Crippen LogP contribution in [0.4, 0.5) is 4.79 Å². The summed E-state index contributed by atoms with van der Waals surface area (Å²) < 4.78 is 5.17. The Balaban J connectivity index is 1.56. The summed E-state index contributed by atoms with van der Waals surface area (Å²) in [7, 11) is 3.23. The number of ether oxygens (including phenoxy) is 1. The number of allylic oxidation sites excluding steroid dienone is 3. The number of rotatable bonds is 8. The summed E-state index contributed by atoms with van der Waals surface area (Å²) in [4.78, 5) is 54.2. The summed E-state index contributed by atoms with van der Waals surface area (Å²) in [5.41, 5.74) is 1.91. The number of urea groups is 1. The zero-order valence-electron chi connectivity index (χ0n) is 20.4. The molecule has 2 saturated heterocycles. The molecule has 4 rings (SSSR count). The maximum atomic E-state index is 13.4. The first-order chi connectivity index (χ1) is 17.3. The van der Waals surface area contributed by atoms with Gasteiger partial charge in [0.05, 0.1) is 20.2 Å². The highest BCUT2D eigenvalue weighted by Crippen LogP contribution is 2.29. The molecular formula is C25H31N5O6. The first-order valence-corrected chi connectivity index (χ1v) is 11.9. The van der Waals surface area contributed by atoms with Gasteiger partial charge in [-0.25, -0.2) is 14.8 Å². The molecule has 36 heavy (non-hydrogen) atoms. The van der Waals surface area contributed by atoms with Crippen LogP contribution in [0.2, 0.25) is 0 Å². The van der Waals surface area contributed by atoms with E-state index < -0.39 is 24.2 Å². The highest BCUT2D eigenvalue weighted by Gasteiger charge is 2.50. The Kier molecular flexibility index (Phi) is 7.58. The molecule has 1 aromatic carbocycles. The predicted octanol–water partition coefficient (Wildman–Crippen LogP) is 1.18. The zero-order chi connectivity index (χ0) is 25.8. The second-order valence-corrected chi connectivity index (χ2v) is 9.07. The van der Waals surface area contributed by atoms with Gasteiger partial charge < -0.3 is 25.0 Å². The molecule has 2 heterocycles. The average molecular weight is 498 g/mol. The molecule has 2 N–H and O–H groups in total. The number of fused-ring (bicyclic) bond motifs is 1. The van der Waals surface area contributed by atoms with Gasteiger partial charge in [-0.15, -0.1) is 0 Å². The Labute approximate surface area is 209 Å². The number of aliphatic carboxylic acids is 1. The van der Waals surface area contributed by atoms with Gasteiger partial charge in [0.1, 0.15) is 18.0 Å². The highest BCUT2D eigenvalue weighted by molar-refractivity contribution is 5.92. The molecule has 2 aliphatic heterocycles. The monoisotopic (exact) mass is 497 g/mol. The van der Waals surface area contributed by atoms with E-state index in [1.54, 1.807) is 36.2 Å². The normalized spacial score (nSPS) is 21.9. The number of carbonyl (C=O) groups is 4. The SMILES string of the molecule is COc1ccc(CNC(=O)N2[C@H]3CN(CC4=CC=CC4)C(=O)[C@H](CCC(=O)O)N3C(=O)CN2C)cc1. The summed E-state index contributed by atoms with van der Waals surface area (Å²) in [6, 6.07) is 5.94. The lowest BCUT2D eigenvalue weighted by Gasteiger charge is -2.54. The van der Waals surface area contributed by atoms with Gasteiger partial charge in [0.15, 0.2) is 0 Å². The molecule has 4 amide bonds. The molecule has 0 spiro atoms. The smallest absolute Gasteiger partial charge is 0.334 e. The molecule has 2 fully saturated rings. The molecule has 11 nitrogen and oxygen atoms in total. The van der Waals surface area contributed by atoms with E-state index in [0.29, 0.717) is 12.3 Å². The van der Waals surface area contributed by atoms with Crippen LogP contribution in [0.25, 0.3) is 0 Å². The maximum absolute atomic E-state index is 13.4. The number of likely N-dealkylation sites (N-methyl/N-ethyl adjacent to an activating group) is 1. The second kappa shape index (κ2) is 10.8. The number of hydrazine groups is 1. The summed E-state index contributed by atoms with van der Waals surface area (Å²) in [6.45, 7) is 0.653. The van der Waals surface area contributed by atoms with Crippen molar-refractivity contribution in [3.05, 3.63) is 53.6 Å². The minimum atomic E-state index is -1.05. The first-order valence-electron chi connectivity index (χ1n) is 11.9. The Morgan fingerprint density at radius 3 is 2.58 bits per heavy atom. The van der Waals surface area contributed by atoms with E-state index in [4.69, 9.17) is 4.74 Å². The topological polar surface area (TPSA) is 123 Å². The van der Waals surface area contributed by atoms with Gasteiger partial charge in [-0.3, -0.25) is 14.4 Å². The molecule has 11 heteroatoms. The van der Waals surface area contributed by atoms with Crippen LogP contribution in [-0.4, -0.2) is 94.7 Å². The van der Waals surface area contributed by atoms with Gasteiger partial charge in [-0.1, -0.05) is 30.4 Å². The summed E-state index contributed by atoms with van der Waals surface area (Å²) in [5.74, 6) is -0.944. The number of nitrogens with zero attached hydrogens (tertiary/aromatic N) is 4. The minimum absolute atomic E-state index is 0.0186. The molecule has 0 saturated carbocycles. The van der Waals surface area contributed by atoms with E-state index >= 15 is 0 Å². The number of carboxylic acids is 1. The van der Waals surface area contributed by atoms with Crippen LogP contribution in [0.5, 0.6) is 5.75 Å². The molecule has 0 aromatic heterocycles. The average Bonchev–Trinajstić information content (AvgIpc) is 3.36. The predicted molar refractivity (Wildman–Crippen MR) is 129 cm³/mol. The van der Waals surface area contributed by atoms with Crippen LogP contribution in [0.1, 0.15) is 24.8 Å². The molecular weight excluding hydrogens is 466 g/mol. The first kappa shape index (κ1) is 25.2. The highest BCUT2D eigenvalue weighted by atomic mass is 16.5. The second-order valence-electron chi connectivity index (χ2n) is 9.07. The van der Waals surface area contributed by atoms with Crippen molar-refractivity contribution in [3.8, 4) is 5.75 Å². The van der Waals surface area contributed by atoms with E-state index in [9.17, 15) is 24.3 Å². The Bertz CT molecular complexity index is 1080. The van der Waals surface area contributed by atoms with E-state index in [2.05, 4.69) is 5.32 Å². The standard InChI is InChI=1S/C25H31N5O6/c1-27-16-22(31)29-20(11-12-23(32)33)24(34)28(14-18-5-3-4-6-18)15-21(29)30(27)25(35)26-13-17-7-9-19(36-2)10-8-17/h3-5,7-10,20-21H,6,11-16H2,1-2H3,(H,26,35)(H,32,33)/t20-,21-/m0/s1. The number of piperazine rings is 1. The van der Waals surface area contributed by atoms with Crippen LogP contribution in [0.3, 0.4) is 0 Å². The number of nitrogens with one attached hydrogen (secondary N) is 1. The maximum Gasteiger partial charge on any atom is 0.334 e. The fourth-order valence-corrected chi connectivity index (χ4v) is 4.84. The lowest BCUT2D eigenvalue weighted by molar-refractivity contribution is -0.187. The van der Waals surface area contributed by atoms with Crippen molar-refractivity contribution < 1.29 is 29.0 Å². The lowest BCUT2D eigenvalue weighted by atomic mass is 10.0. The van der Waals surface area contributed by atoms with Crippen LogP contribution in [0.15, 0.2) is 48.1 Å². The van der Waals surface area contributed by atoms with Gasteiger partial charge in [-0.05, 0) is 36.1 Å². The fraction of sp³-hybridized carbons (Fsp3) is 0.440. The van der Waals surface area contributed by atoms with Crippen molar-refractivity contribution in [2.24, 2.45) is 0 Å². The van der Waals surface area contributed by atoms with Crippen LogP contribution in [0, 0.1) is 0 Å². The van der Waals surface area contributed by atoms with Crippen molar-refractivity contribution in [3.63, 3.8) is 0 Å². The van der Waals surface area contributed by atoms with Crippen molar-refractivity contribution in [1.82, 2.24) is 25.1 Å². The number of benzene rings is 1. The van der Waals surface area contributed by atoms with Gasteiger partial charge in [-0.2, -0.15) is 0 Å². The van der Waals surface area contributed by atoms with Crippen molar-refractivity contribution in [1.29, 1.82) is 0 Å². The van der Waals surface area contributed by atoms with E-state index in [-0.39, 0.29) is 44.3 Å². The number of hydrogen-bond donors (Lipinski definition) is 2. The molecule has 0 radical (unpaired) electrons. The third-order valence-electron chi connectivity index (χ3n) is 6.62. The fourth-order valence-electron chi connectivity index (χ4n) is 4.84. The molecule has 1 aliphatic carbocycles. The Morgan fingerprint density at radius 2 is 1.94 bits per heavy atom. The molecule has 0 bridgehead atoms. The molecule has 2 atom stereocenters. The Hall–Kier alpha value is -3.86. The summed E-state index contributed by atoms with van der Waals surface area (Å²) >= 11 is 0. The number of amides is 4. The third kappa shape index (κ3) is 5.35. The van der Waals surface area contributed by atoms with Crippen molar-refractivity contribution in [2.45, 2.75) is 38.0 Å². The third-order valence-corrected chi connectivity index (χ3v) is 6.62. The molecule has 0 unspecified atom stereocenters. The lowest BCUT2D eigenvalue weighted by Crippen LogP contribution is -2.76. The van der Waals surface area contributed by atoms with E-state index in [1.165, 1.54) is 9.91 Å². The van der Waals surface area contributed by atoms with Gasteiger partial charge >= 0.3 is 12.0 Å².